The largest absolute Gasteiger partial charge is 0.361 e. The van der Waals surface area contributed by atoms with Gasteiger partial charge in [0.1, 0.15) is 5.69 Å². The highest BCUT2D eigenvalue weighted by atomic mass is 16.1. The highest BCUT2D eigenvalue weighted by Gasteiger charge is 2.05. The van der Waals surface area contributed by atoms with Crippen LogP contribution in [-0.4, -0.2) is 26.4 Å². The van der Waals surface area contributed by atoms with E-state index in [-0.39, 0.29) is 11.5 Å². The van der Waals surface area contributed by atoms with Crippen LogP contribution < -0.4 is 11.0 Å². The first kappa shape index (κ1) is 15.8. The Morgan fingerprint density at radius 2 is 1.85 bits per heavy atom. The Bertz CT molecular complexity index is 1110. The van der Waals surface area contributed by atoms with Crippen LogP contribution in [0.25, 0.3) is 10.9 Å². The van der Waals surface area contributed by atoms with E-state index in [4.69, 9.17) is 0 Å². The molecule has 0 aliphatic rings. The van der Waals surface area contributed by atoms with E-state index in [1.165, 1.54) is 0 Å². The summed E-state index contributed by atoms with van der Waals surface area (Å²) < 4.78 is 0. The number of aromatic nitrogens is 4. The molecule has 4 aromatic rings. The number of hydrogen-bond acceptors (Lipinski definition) is 5. The van der Waals surface area contributed by atoms with E-state index in [1.54, 1.807) is 6.21 Å². The molecule has 3 N–H and O–H groups in total. The van der Waals surface area contributed by atoms with Crippen LogP contribution in [0.2, 0.25) is 0 Å². The molecule has 128 valence electrons. The summed E-state index contributed by atoms with van der Waals surface area (Å²) in [5.41, 5.74) is 5.76. The zero-order valence-corrected chi connectivity index (χ0v) is 13.8. The predicted octanol–water partition coefficient (Wildman–Crippen LogP) is 2.68. The van der Waals surface area contributed by atoms with Gasteiger partial charge in [-0.2, -0.15) is 5.10 Å². The fourth-order valence-electron chi connectivity index (χ4n) is 2.68. The highest BCUT2D eigenvalue weighted by Crippen LogP contribution is 2.15. The number of H-pyrrole nitrogens is 2. The zero-order chi connectivity index (χ0) is 17.8. The number of nitrogens with zero attached hydrogens (tertiary/aromatic N) is 3. The van der Waals surface area contributed by atoms with Gasteiger partial charge in [0.2, 0.25) is 5.95 Å². The number of hydrogen-bond donors (Lipinski definition) is 3. The molecule has 2 aromatic carbocycles. The lowest BCUT2D eigenvalue weighted by molar-refractivity contribution is 0.866. The first-order valence-corrected chi connectivity index (χ1v) is 8.14. The fraction of sp³-hybridized carbons (Fsp3) is 0.0526. The maximum Gasteiger partial charge on any atom is 0.274 e. The molecule has 0 aliphatic heterocycles. The van der Waals surface area contributed by atoms with Crippen molar-refractivity contribution in [1.82, 2.24) is 20.2 Å². The van der Waals surface area contributed by atoms with Gasteiger partial charge in [0.25, 0.3) is 5.56 Å². The second kappa shape index (κ2) is 7.02. The highest BCUT2D eigenvalue weighted by molar-refractivity contribution is 5.99. The standard InChI is InChI=1S/C19H16N6O/c26-18-17(10-13-6-2-1-3-7-13)23-25-19(22-18)24-21-12-14-11-20-16-9-5-4-8-15(14)16/h1-9,11-12,20H,10H2,(H2,22,24,25,26)/b21-12-. The Labute approximate surface area is 148 Å². The van der Waals surface area contributed by atoms with Crippen molar-refractivity contribution in [3.05, 3.63) is 88.0 Å². The second-order valence-electron chi connectivity index (χ2n) is 5.77. The van der Waals surface area contributed by atoms with Gasteiger partial charge >= 0.3 is 0 Å². The van der Waals surface area contributed by atoms with Gasteiger partial charge in [-0.1, -0.05) is 48.5 Å². The molecule has 7 heteroatoms. The first-order chi connectivity index (χ1) is 12.8. The van der Waals surface area contributed by atoms with Crippen molar-refractivity contribution in [3.8, 4) is 0 Å². The monoisotopic (exact) mass is 344 g/mol. The summed E-state index contributed by atoms with van der Waals surface area (Å²) in [6, 6.07) is 17.6. The number of aromatic amines is 2. The number of para-hydroxylation sites is 1. The molecule has 0 bridgehead atoms. The maximum atomic E-state index is 12.2. The topological polar surface area (TPSA) is 98.8 Å². The van der Waals surface area contributed by atoms with Gasteiger partial charge < -0.3 is 4.98 Å². The van der Waals surface area contributed by atoms with Crippen LogP contribution in [0.4, 0.5) is 5.95 Å². The van der Waals surface area contributed by atoms with Gasteiger partial charge in [0.15, 0.2) is 0 Å². The summed E-state index contributed by atoms with van der Waals surface area (Å²) in [5, 5.41) is 13.2. The summed E-state index contributed by atoms with van der Waals surface area (Å²) in [6.45, 7) is 0. The summed E-state index contributed by atoms with van der Waals surface area (Å²) in [6.07, 6.45) is 3.96. The SMILES string of the molecule is O=c1[nH]c(N/N=C\c2c[nH]c3ccccc23)nnc1Cc1ccccc1. The minimum Gasteiger partial charge on any atom is -0.361 e. The van der Waals surface area contributed by atoms with E-state index in [9.17, 15) is 4.79 Å². The van der Waals surface area contributed by atoms with E-state index < -0.39 is 0 Å². The van der Waals surface area contributed by atoms with Crippen molar-refractivity contribution in [2.75, 3.05) is 5.43 Å². The lowest BCUT2D eigenvalue weighted by atomic mass is 10.1. The van der Waals surface area contributed by atoms with Gasteiger partial charge in [-0.3, -0.25) is 9.78 Å². The van der Waals surface area contributed by atoms with E-state index in [0.29, 0.717) is 12.1 Å². The van der Waals surface area contributed by atoms with Crippen LogP contribution in [0.1, 0.15) is 16.8 Å². The number of hydrazone groups is 1. The molecule has 0 fully saturated rings. The molecule has 2 aromatic heterocycles. The minimum absolute atomic E-state index is 0.197. The Hall–Kier alpha value is -3.74. The van der Waals surface area contributed by atoms with Crippen LogP contribution in [0.3, 0.4) is 0 Å². The summed E-state index contributed by atoms with van der Waals surface area (Å²) in [4.78, 5) is 18.0. The van der Waals surface area contributed by atoms with Crippen LogP contribution in [0.15, 0.2) is 70.7 Å². The number of rotatable bonds is 5. The van der Waals surface area contributed by atoms with Gasteiger partial charge in [-0.15, -0.1) is 10.2 Å². The third-order valence-electron chi connectivity index (χ3n) is 3.97. The molecule has 0 amide bonds. The number of nitrogens with one attached hydrogen (secondary N) is 3. The van der Waals surface area contributed by atoms with Crippen LogP contribution in [0.5, 0.6) is 0 Å². The van der Waals surface area contributed by atoms with E-state index in [1.807, 2.05) is 60.8 Å². The molecule has 4 rings (SSSR count). The van der Waals surface area contributed by atoms with Crippen LogP contribution in [-0.2, 0) is 6.42 Å². The zero-order valence-electron chi connectivity index (χ0n) is 13.8. The van der Waals surface area contributed by atoms with E-state index in [2.05, 4.69) is 30.7 Å². The quantitative estimate of drug-likeness (QED) is 0.383. The van der Waals surface area contributed by atoms with Crippen molar-refractivity contribution in [2.45, 2.75) is 6.42 Å². The molecular formula is C19H16N6O. The second-order valence-corrected chi connectivity index (χ2v) is 5.77. The average Bonchev–Trinajstić information content (AvgIpc) is 3.08. The first-order valence-electron chi connectivity index (χ1n) is 8.14. The maximum absolute atomic E-state index is 12.2. The lowest BCUT2D eigenvalue weighted by Gasteiger charge is -2.01. The van der Waals surface area contributed by atoms with E-state index in [0.717, 1.165) is 22.0 Å². The molecule has 0 radical (unpaired) electrons. The summed E-state index contributed by atoms with van der Waals surface area (Å²) in [5.74, 6) is 0.197. The Kier molecular flexibility index (Phi) is 4.26. The Balaban J connectivity index is 1.47. The summed E-state index contributed by atoms with van der Waals surface area (Å²) >= 11 is 0. The molecule has 0 unspecified atom stereocenters. The molecule has 0 saturated heterocycles. The average molecular weight is 344 g/mol. The Morgan fingerprint density at radius 1 is 1.04 bits per heavy atom. The van der Waals surface area contributed by atoms with Crippen molar-refractivity contribution in [2.24, 2.45) is 5.10 Å². The molecule has 0 aliphatic carbocycles. The van der Waals surface area contributed by atoms with Crippen molar-refractivity contribution in [1.29, 1.82) is 0 Å². The van der Waals surface area contributed by atoms with Crippen LogP contribution >= 0.6 is 0 Å². The number of benzene rings is 2. The van der Waals surface area contributed by atoms with E-state index >= 15 is 0 Å². The normalized spacial score (nSPS) is 11.2. The number of anilines is 1. The van der Waals surface area contributed by atoms with Gasteiger partial charge in [0.05, 0.1) is 6.21 Å². The van der Waals surface area contributed by atoms with Crippen molar-refractivity contribution >= 4 is 23.1 Å². The molecule has 0 atom stereocenters. The Morgan fingerprint density at radius 3 is 2.69 bits per heavy atom. The predicted molar refractivity (Wildman–Crippen MR) is 101 cm³/mol. The van der Waals surface area contributed by atoms with Crippen LogP contribution in [0, 0.1) is 0 Å². The third kappa shape index (κ3) is 3.36. The van der Waals surface area contributed by atoms with Gasteiger partial charge in [-0.25, -0.2) is 5.43 Å². The van der Waals surface area contributed by atoms with Crippen molar-refractivity contribution < 1.29 is 0 Å². The molecule has 7 nitrogen and oxygen atoms in total. The van der Waals surface area contributed by atoms with Crippen molar-refractivity contribution in [3.63, 3.8) is 0 Å². The summed E-state index contributed by atoms with van der Waals surface area (Å²) in [7, 11) is 0. The number of fused-ring (bicyclic) bond motifs is 1. The molecule has 0 spiro atoms. The molecule has 26 heavy (non-hydrogen) atoms. The molecular weight excluding hydrogens is 328 g/mol. The minimum atomic E-state index is -0.284. The lowest BCUT2D eigenvalue weighted by Crippen LogP contribution is -2.18. The fourth-order valence-corrected chi connectivity index (χ4v) is 2.68. The third-order valence-corrected chi connectivity index (χ3v) is 3.97. The molecule has 2 heterocycles. The molecule has 0 saturated carbocycles. The van der Waals surface area contributed by atoms with Gasteiger partial charge in [-0.05, 0) is 11.6 Å². The smallest absolute Gasteiger partial charge is 0.274 e. The van der Waals surface area contributed by atoms with Gasteiger partial charge in [0, 0.05) is 29.1 Å².